The van der Waals surface area contributed by atoms with Gasteiger partial charge in [-0.05, 0) is 32.9 Å². The molecule has 0 aliphatic carbocycles. The van der Waals surface area contributed by atoms with Crippen molar-refractivity contribution in [3.8, 4) is 0 Å². The van der Waals surface area contributed by atoms with Crippen molar-refractivity contribution in [3.05, 3.63) is 30.3 Å². The van der Waals surface area contributed by atoms with Crippen LogP contribution in [0.15, 0.2) is 35.2 Å². The Bertz CT molecular complexity index is 398. The van der Waals surface area contributed by atoms with Crippen molar-refractivity contribution in [2.75, 3.05) is 0 Å². The van der Waals surface area contributed by atoms with E-state index in [-0.39, 0.29) is 35.9 Å². The van der Waals surface area contributed by atoms with Gasteiger partial charge in [-0.2, -0.15) is 8.42 Å². The maximum absolute atomic E-state index is 11.6. The van der Waals surface area contributed by atoms with E-state index in [0.29, 0.717) is 0 Å². The monoisotopic (exact) mass is 238 g/mol. The molecule has 0 atom stereocenters. The first-order chi connectivity index (χ1) is 6.31. The summed E-state index contributed by atoms with van der Waals surface area (Å²) in [5, 5.41) is 0. The Balaban J connectivity index is 0. The maximum Gasteiger partial charge on any atom is 1.00 e. The molecule has 0 bridgehead atoms. The minimum absolute atomic E-state index is 0. The molecule has 0 unspecified atom stereocenters. The van der Waals surface area contributed by atoms with Crippen molar-refractivity contribution in [2.24, 2.45) is 0 Å². The molecular weight excluding hydrogens is 223 g/mol. The number of rotatable bonds is 2. The van der Waals surface area contributed by atoms with E-state index in [4.69, 9.17) is 4.18 Å². The minimum atomic E-state index is -3.62. The summed E-state index contributed by atoms with van der Waals surface area (Å²) < 4.78 is 28.2. The van der Waals surface area contributed by atoms with Crippen molar-refractivity contribution in [3.63, 3.8) is 0 Å². The summed E-state index contributed by atoms with van der Waals surface area (Å²) in [5.74, 6) is 0. The van der Waals surface area contributed by atoms with Crippen LogP contribution in [0.4, 0.5) is 0 Å². The fraction of sp³-hybridized carbons (Fsp3) is 0.400. The third-order valence-electron chi connectivity index (χ3n) is 1.39. The molecule has 0 aliphatic rings. The maximum atomic E-state index is 11.6. The van der Waals surface area contributed by atoms with E-state index in [1.54, 1.807) is 39.0 Å². The van der Waals surface area contributed by atoms with Gasteiger partial charge in [-0.1, -0.05) is 18.2 Å². The van der Waals surface area contributed by atoms with Crippen molar-refractivity contribution >= 4 is 10.1 Å². The van der Waals surface area contributed by atoms with Crippen molar-refractivity contribution in [1.29, 1.82) is 0 Å². The number of hydrogen-bond acceptors (Lipinski definition) is 3. The van der Waals surface area contributed by atoms with E-state index >= 15 is 0 Å². The van der Waals surface area contributed by atoms with Gasteiger partial charge in [0.1, 0.15) is 0 Å². The summed E-state index contributed by atoms with van der Waals surface area (Å²) in [4.78, 5) is 0.190. The predicted octanol–water partition coefficient (Wildman–Crippen LogP) is -0.693. The standard InChI is InChI=1S/C10H14O3S.Na.H/c1-10(2,3)13-14(11,12)9-7-5-4-6-8-9;;/h4-8H,1-3H3;;/q;+1;-1. The summed E-state index contributed by atoms with van der Waals surface area (Å²) in [6.45, 7) is 5.11. The van der Waals surface area contributed by atoms with E-state index in [1.807, 2.05) is 0 Å². The first-order valence-electron chi connectivity index (χ1n) is 4.32. The van der Waals surface area contributed by atoms with Gasteiger partial charge in [0.2, 0.25) is 0 Å². The van der Waals surface area contributed by atoms with Crippen LogP contribution in [0.25, 0.3) is 0 Å². The van der Waals surface area contributed by atoms with Crippen LogP contribution in [0, 0.1) is 0 Å². The van der Waals surface area contributed by atoms with E-state index in [0.717, 1.165) is 0 Å². The van der Waals surface area contributed by atoms with Gasteiger partial charge in [0.15, 0.2) is 0 Å². The topological polar surface area (TPSA) is 43.4 Å². The number of benzene rings is 1. The van der Waals surface area contributed by atoms with Crippen molar-refractivity contribution in [1.82, 2.24) is 0 Å². The molecule has 0 N–H and O–H groups in total. The molecular formula is C10H15NaO3S. The second-order valence-corrected chi connectivity index (χ2v) is 5.51. The van der Waals surface area contributed by atoms with Crippen LogP contribution in [0.2, 0.25) is 0 Å². The molecule has 1 aromatic carbocycles. The largest absolute Gasteiger partial charge is 1.00 e. The molecule has 0 amide bonds. The van der Waals surface area contributed by atoms with E-state index in [2.05, 4.69) is 0 Å². The summed E-state index contributed by atoms with van der Waals surface area (Å²) in [6, 6.07) is 8.12. The van der Waals surface area contributed by atoms with E-state index in [1.165, 1.54) is 12.1 Å². The Morgan fingerprint density at radius 2 is 1.60 bits per heavy atom. The Morgan fingerprint density at radius 1 is 1.13 bits per heavy atom. The minimum Gasteiger partial charge on any atom is -1.00 e. The zero-order valence-corrected chi connectivity index (χ0v) is 12.3. The van der Waals surface area contributed by atoms with Gasteiger partial charge < -0.3 is 1.43 Å². The molecule has 80 valence electrons. The average molecular weight is 238 g/mol. The molecule has 1 aromatic rings. The summed E-state index contributed by atoms with van der Waals surface area (Å²) >= 11 is 0. The fourth-order valence-corrected chi connectivity index (χ4v) is 2.21. The van der Waals surface area contributed by atoms with Gasteiger partial charge in [0, 0.05) is 0 Å². The normalized spacial score (nSPS) is 11.9. The first kappa shape index (κ1) is 15.1. The summed E-state index contributed by atoms with van der Waals surface area (Å²) in [6.07, 6.45) is 0. The molecule has 15 heavy (non-hydrogen) atoms. The van der Waals surface area contributed by atoms with Gasteiger partial charge in [-0.25, -0.2) is 0 Å². The average Bonchev–Trinajstić information content (AvgIpc) is 2.01. The van der Waals surface area contributed by atoms with Crippen LogP contribution in [-0.4, -0.2) is 14.0 Å². The molecule has 0 saturated heterocycles. The molecule has 0 heterocycles. The van der Waals surface area contributed by atoms with Crippen LogP contribution < -0.4 is 29.6 Å². The molecule has 0 fully saturated rings. The third-order valence-corrected chi connectivity index (χ3v) is 2.96. The summed E-state index contributed by atoms with van der Waals surface area (Å²) in [7, 11) is -3.62. The van der Waals surface area contributed by atoms with Crippen LogP contribution in [0.5, 0.6) is 0 Å². The van der Waals surface area contributed by atoms with Crippen LogP contribution in [0.1, 0.15) is 22.2 Å². The van der Waals surface area contributed by atoms with Gasteiger partial charge in [-0.3, -0.25) is 4.18 Å². The van der Waals surface area contributed by atoms with E-state index < -0.39 is 15.7 Å². The van der Waals surface area contributed by atoms with Crippen molar-refractivity contribution < 1.29 is 43.6 Å². The van der Waals surface area contributed by atoms with Gasteiger partial charge >= 0.3 is 29.6 Å². The molecule has 1 rings (SSSR count). The molecule has 0 spiro atoms. The Kier molecular flexibility index (Phi) is 5.50. The predicted molar refractivity (Wildman–Crippen MR) is 55.6 cm³/mol. The smallest absolute Gasteiger partial charge is 1.00 e. The quantitative estimate of drug-likeness (QED) is 0.506. The molecule has 0 radical (unpaired) electrons. The third kappa shape index (κ3) is 5.13. The Morgan fingerprint density at radius 3 is 2.00 bits per heavy atom. The molecule has 0 aliphatic heterocycles. The van der Waals surface area contributed by atoms with Crippen molar-refractivity contribution in [2.45, 2.75) is 31.3 Å². The van der Waals surface area contributed by atoms with Crippen LogP contribution in [-0.2, 0) is 14.3 Å². The fourth-order valence-electron chi connectivity index (χ4n) is 0.964. The molecule has 3 nitrogen and oxygen atoms in total. The second-order valence-electron chi connectivity index (χ2n) is 3.96. The first-order valence-corrected chi connectivity index (χ1v) is 5.73. The number of hydrogen-bond donors (Lipinski definition) is 0. The Hall–Kier alpha value is 0.130. The SMILES string of the molecule is CC(C)(C)OS(=O)(=O)c1ccccc1.[H-].[Na+]. The Labute approximate surface area is 115 Å². The second kappa shape index (κ2) is 5.46. The van der Waals surface area contributed by atoms with Crippen LogP contribution >= 0.6 is 0 Å². The van der Waals surface area contributed by atoms with Crippen LogP contribution in [0.3, 0.4) is 0 Å². The molecule has 5 heteroatoms. The molecule has 0 saturated carbocycles. The molecule has 0 aromatic heterocycles. The van der Waals surface area contributed by atoms with Gasteiger partial charge in [-0.15, -0.1) is 0 Å². The summed E-state index contributed by atoms with van der Waals surface area (Å²) in [5.41, 5.74) is -0.700. The zero-order chi connectivity index (χ0) is 10.8. The van der Waals surface area contributed by atoms with Gasteiger partial charge in [0.25, 0.3) is 10.1 Å². The van der Waals surface area contributed by atoms with E-state index in [9.17, 15) is 8.42 Å². The van der Waals surface area contributed by atoms with Gasteiger partial charge in [0.05, 0.1) is 10.5 Å². The zero-order valence-electron chi connectivity index (χ0n) is 10.5.